The van der Waals surface area contributed by atoms with Crippen LogP contribution in [0.4, 0.5) is 4.39 Å². The van der Waals surface area contributed by atoms with Crippen molar-refractivity contribution in [2.45, 2.75) is 32.4 Å². The van der Waals surface area contributed by atoms with Crippen LogP contribution in [0.3, 0.4) is 0 Å². The molecule has 2 aliphatic heterocycles. The number of rotatable bonds is 2. The summed E-state index contributed by atoms with van der Waals surface area (Å²) in [4.78, 5) is 6.61. The Kier molecular flexibility index (Phi) is 3.52. The molecule has 0 saturated carbocycles. The molecule has 0 bridgehead atoms. The molecule has 84 valence electrons. The minimum atomic E-state index is -0.604. The third kappa shape index (κ3) is 3.13. The van der Waals surface area contributed by atoms with Gasteiger partial charge in [0.2, 0.25) is 0 Å². The summed E-state index contributed by atoms with van der Waals surface area (Å²) in [5.41, 5.74) is 1.11. The Bertz CT molecular complexity index is 273. The molecule has 0 radical (unpaired) electrons. The summed E-state index contributed by atoms with van der Waals surface area (Å²) in [5, 5.41) is 0. The third-order valence-electron chi connectivity index (χ3n) is 3.17. The van der Waals surface area contributed by atoms with E-state index in [1.165, 1.54) is 0 Å². The second-order valence-electron chi connectivity index (χ2n) is 4.61. The fraction of sp³-hybridized carbons (Fsp3) is 0.750. The molecule has 0 aromatic heterocycles. The molecule has 2 atom stereocenters. The van der Waals surface area contributed by atoms with Gasteiger partial charge in [-0.2, -0.15) is 0 Å². The lowest BCUT2D eigenvalue weighted by Crippen LogP contribution is -2.28. The van der Waals surface area contributed by atoms with Crippen molar-refractivity contribution >= 4 is 6.21 Å². The Hall–Kier alpha value is -0.700. The second kappa shape index (κ2) is 4.88. The fourth-order valence-corrected chi connectivity index (χ4v) is 2.28. The van der Waals surface area contributed by atoms with E-state index in [9.17, 15) is 4.39 Å². The van der Waals surface area contributed by atoms with Crippen molar-refractivity contribution in [3.05, 3.63) is 11.8 Å². The van der Waals surface area contributed by atoms with Gasteiger partial charge < -0.3 is 0 Å². The number of nitrogens with zero attached hydrogens (tertiary/aromatic N) is 2. The van der Waals surface area contributed by atoms with Crippen LogP contribution in [0.25, 0.3) is 0 Å². The van der Waals surface area contributed by atoms with E-state index in [0.29, 0.717) is 18.9 Å². The molecular weight excluding hydrogens is 191 g/mol. The number of hydrogen-bond acceptors (Lipinski definition) is 2. The maximum absolute atomic E-state index is 13.0. The summed E-state index contributed by atoms with van der Waals surface area (Å²) in [6.45, 7) is 4.55. The Balaban J connectivity index is 1.83. The average molecular weight is 210 g/mol. The van der Waals surface area contributed by atoms with Crippen molar-refractivity contribution in [3.63, 3.8) is 0 Å². The normalized spacial score (nSPS) is 32.8. The minimum absolute atomic E-state index is 0.504. The molecule has 2 aliphatic rings. The van der Waals surface area contributed by atoms with E-state index in [0.717, 1.165) is 31.6 Å². The lowest BCUT2D eigenvalue weighted by atomic mass is 10.0. The van der Waals surface area contributed by atoms with E-state index in [-0.39, 0.29) is 0 Å². The highest BCUT2D eigenvalue weighted by atomic mass is 19.1. The van der Waals surface area contributed by atoms with Crippen molar-refractivity contribution in [2.24, 2.45) is 10.9 Å². The van der Waals surface area contributed by atoms with E-state index >= 15 is 0 Å². The second-order valence-corrected chi connectivity index (χ2v) is 4.61. The Morgan fingerprint density at radius 3 is 3.13 bits per heavy atom. The minimum Gasteiger partial charge on any atom is -0.300 e. The predicted molar refractivity (Wildman–Crippen MR) is 60.9 cm³/mol. The van der Waals surface area contributed by atoms with Crippen molar-refractivity contribution in [1.29, 1.82) is 0 Å². The van der Waals surface area contributed by atoms with Crippen LogP contribution >= 0.6 is 0 Å². The maximum Gasteiger partial charge on any atom is 0.114 e. The summed E-state index contributed by atoms with van der Waals surface area (Å²) >= 11 is 0. The molecule has 0 N–H and O–H groups in total. The molecule has 0 amide bonds. The van der Waals surface area contributed by atoms with Crippen LogP contribution in [0.5, 0.6) is 0 Å². The third-order valence-corrected chi connectivity index (χ3v) is 3.17. The van der Waals surface area contributed by atoms with Gasteiger partial charge in [0.1, 0.15) is 6.17 Å². The Labute approximate surface area is 90.9 Å². The molecule has 3 heteroatoms. The van der Waals surface area contributed by atoms with E-state index in [1.807, 2.05) is 13.1 Å². The predicted octanol–water partition coefficient (Wildman–Crippen LogP) is 2.41. The quantitative estimate of drug-likeness (QED) is 0.683. The zero-order chi connectivity index (χ0) is 10.7. The maximum atomic E-state index is 13.0. The molecule has 2 nitrogen and oxygen atoms in total. The summed E-state index contributed by atoms with van der Waals surface area (Å²) in [7, 11) is 0. The summed E-state index contributed by atoms with van der Waals surface area (Å²) < 4.78 is 13.0. The highest BCUT2D eigenvalue weighted by molar-refractivity contribution is 5.63. The van der Waals surface area contributed by atoms with Crippen LogP contribution < -0.4 is 0 Å². The molecule has 1 saturated heterocycles. The molecule has 0 aromatic carbocycles. The van der Waals surface area contributed by atoms with Crippen LogP contribution in [-0.2, 0) is 0 Å². The van der Waals surface area contributed by atoms with Crippen LogP contribution in [-0.4, -0.2) is 36.9 Å². The Morgan fingerprint density at radius 1 is 1.53 bits per heavy atom. The fourth-order valence-electron chi connectivity index (χ4n) is 2.28. The van der Waals surface area contributed by atoms with E-state index in [4.69, 9.17) is 0 Å². The molecule has 15 heavy (non-hydrogen) atoms. The first-order valence-electron chi connectivity index (χ1n) is 5.81. The van der Waals surface area contributed by atoms with Gasteiger partial charge in [0.05, 0.1) is 0 Å². The number of alkyl halides is 1. The SMILES string of the molecule is CC1=CCCC(CN2CCC(F)C2)C=N1. The smallest absolute Gasteiger partial charge is 0.114 e. The van der Waals surface area contributed by atoms with Gasteiger partial charge in [0.25, 0.3) is 0 Å². The Morgan fingerprint density at radius 2 is 2.40 bits per heavy atom. The molecule has 1 fully saturated rings. The van der Waals surface area contributed by atoms with Crippen molar-refractivity contribution in [3.8, 4) is 0 Å². The van der Waals surface area contributed by atoms with Gasteiger partial charge in [-0.05, 0) is 26.2 Å². The molecule has 0 aromatic rings. The van der Waals surface area contributed by atoms with Gasteiger partial charge in [-0.25, -0.2) is 4.39 Å². The van der Waals surface area contributed by atoms with Gasteiger partial charge in [0, 0.05) is 37.5 Å². The highest BCUT2D eigenvalue weighted by Crippen LogP contribution is 2.18. The first-order chi connectivity index (χ1) is 7.24. The first-order valence-corrected chi connectivity index (χ1v) is 5.81. The van der Waals surface area contributed by atoms with Gasteiger partial charge in [-0.3, -0.25) is 9.89 Å². The molecule has 0 spiro atoms. The number of hydrogen-bond donors (Lipinski definition) is 0. The van der Waals surface area contributed by atoms with Gasteiger partial charge >= 0.3 is 0 Å². The monoisotopic (exact) mass is 210 g/mol. The van der Waals surface area contributed by atoms with Crippen LogP contribution in [0.2, 0.25) is 0 Å². The summed E-state index contributed by atoms with van der Waals surface area (Å²) in [6.07, 6.45) is 6.58. The number of aliphatic imine (C=N–C) groups is 1. The first kappa shape index (κ1) is 10.8. The molecular formula is C12H19FN2. The van der Waals surface area contributed by atoms with E-state index < -0.39 is 6.17 Å². The average Bonchev–Trinajstić information content (AvgIpc) is 2.48. The molecule has 2 unspecified atom stereocenters. The molecule has 2 heterocycles. The summed E-state index contributed by atoms with van der Waals surface area (Å²) in [6, 6.07) is 0. The zero-order valence-electron chi connectivity index (χ0n) is 9.32. The standard InChI is InChI=1S/C12H19FN2/c1-10-3-2-4-11(7-14-10)8-15-6-5-12(13)9-15/h3,7,11-12H,2,4-6,8-9H2,1H3. The highest BCUT2D eigenvalue weighted by Gasteiger charge is 2.23. The van der Waals surface area contributed by atoms with Crippen molar-refractivity contribution in [2.75, 3.05) is 19.6 Å². The van der Waals surface area contributed by atoms with Crippen molar-refractivity contribution < 1.29 is 4.39 Å². The van der Waals surface area contributed by atoms with E-state index in [2.05, 4.69) is 16.0 Å². The van der Waals surface area contributed by atoms with Gasteiger partial charge in [0.15, 0.2) is 0 Å². The summed E-state index contributed by atoms with van der Waals surface area (Å²) in [5.74, 6) is 0.504. The van der Waals surface area contributed by atoms with Crippen molar-refractivity contribution in [1.82, 2.24) is 4.90 Å². The number of halogens is 1. The topological polar surface area (TPSA) is 15.6 Å². The van der Waals surface area contributed by atoms with Crippen LogP contribution in [0.1, 0.15) is 26.2 Å². The number of allylic oxidation sites excluding steroid dienone is 2. The lowest BCUT2D eigenvalue weighted by molar-refractivity contribution is 0.270. The van der Waals surface area contributed by atoms with E-state index in [1.54, 1.807) is 0 Å². The largest absolute Gasteiger partial charge is 0.300 e. The zero-order valence-corrected chi connectivity index (χ0v) is 9.32. The number of likely N-dealkylation sites (tertiary alicyclic amines) is 1. The van der Waals surface area contributed by atoms with Gasteiger partial charge in [-0.15, -0.1) is 0 Å². The van der Waals surface area contributed by atoms with Crippen LogP contribution in [0.15, 0.2) is 16.8 Å². The van der Waals surface area contributed by atoms with Crippen LogP contribution in [0, 0.1) is 5.92 Å². The van der Waals surface area contributed by atoms with Gasteiger partial charge in [-0.1, -0.05) is 6.08 Å². The molecule has 0 aliphatic carbocycles. The lowest BCUT2D eigenvalue weighted by Gasteiger charge is -2.19. The molecule has 2 rings (SSSR count).